The van der Waals surface area contributed by atoms with Gasteiger partial charge in [0.1, 0.15) is 0 Å². The van der Waals surface area contributed by atoms with Crippen LogP contribution in [0.25, 0.3) is 0 Å². The van der Waals surface area contributed by atoms with Crippen LogP contribution >= 0.6 is 0 Å². The Kier molecular flexibility index (Phi) is 10.1. The molecule has 0 aromatic heterocycles. The second-order valence-electron chi connectivity index (χ2n) is 8.24. The zero-order valence-electron chi connectivity index (χ0n) is 20.5. The number of methoxy groups -OCH3 is 1. The molecular formula is C24H39N5O3S. The van der Waals surface area contributed by atoms with Crippen LogP contribution in [0.2, 0.25) is 0 Å². The van der Waals surface area contributed by atoms with Crippen LogP contribution in [-0.4, -0.2) is 58.5 Å². The van der Waals surface area contributed by atoms with Crippen molar-refractivity contribution in [3.05, 3.63) is 58.7 Å². The Labute approximate surface area is 198 Å². The predicted molar refractivity (Wildman–Crippen MR) is 137 cm³/mol. The van der Waals surface area contributed by atoms with Gasteiger partial charge in [0.2, 0.25) is 10.0 Å². The van der Waals surface area contributed by atoms with Crippen LogP contribution in [-0.2, 0) is 27.6 Å². The average molecular weight is 478 g/mol. The highest BCUT2D eigenvalue weighted by Crippen LogP contribution is 2.23. The van der Waals surface area contributed by atoms with Crippen molar-refractivity contribution in [2.24, 2.45) is 11.5 Å². The van der Waals surface area contributed by atoms with Gasteiger partial charge < -0.3 is 16.2 Å². The first-order chi connectivity index (χ1) is 15.6. The summed E-state index contributed by atoms with van der Waals surface area (Å²) in [6.07, 6.45) is 0.687. The Morgan fingerprint density at radius 1 is 1.09 bits per heavy atom. The number of nitrogens with zero attached hydrogens (tertiary/aromatic N) is 2. The molecule has 184 valence electrons. The molecule has 33 heavy (non-hydrogen) atoms. The first-order valence-corrected chi connectivity index (χ1v) is 12.9. The van der Waals surface area contributed by atoms with Crippen LogP contribution < -0.4 is 21.9 Å². The van der Waals surface area contributed by atoms with Crippen LogP contribution in [0.3, 0.4) is 0 Å². The molecule has 0 aliphatic heterocycles. The SMILES string of the molecule is CCS(=O)(=O)N(C)C(N)Cc1ccc(NN(CCOC)c2ccc(CCN)c(C)c2)cc1C. The number of anilines is 2. The minimum absolute atomic E-state index is 0.0308. The molecule has 8 nitrogen and oxygen atoms in total. The van der Waals surface area contributed by atoms with Gasteiger partial charge in [-0.25, -0.2) is 8.42 Å². The van der Waals surface area contributed by atoms with Crippen LogP contribution in [0.5, 0.6) is 0 Å². The number of ether oxygens (including phenoxy) is 1. The highest BCUT2D eigenvalue weighted by molar-refractivity contribution is 7.89. The fraction of sp³-hybridized carbons (Fsp3) is 0.500. The molecule has 0 bridgehead atoms. The van der Waals surface area contributed by atoms with E-state index in [2.05, 4.69) is 35.6 Å². The van der Waals surface area contributed by atoms with Gasteiger partial charge in [-0.1, -0.05) is 12.1 Å². The maximum absolute atomic E-state index is 12.1. The molecule has 1 unspecified atom stereocenters. The largest absolute Gasteiger partial charge is 0.383 e. The first kappa shape index (κ1) is 27.1. The van der Waals surface area contributed by atoms with E-state index in [0.29, 0.717) is 26.1 Å². The molecule has 0 radical (unpaired) electrons. The Hall–Kier alpha value is -2.17. The number of benzene rings is 2. The summed E-state index contributed by atoms with van der Waals surface area (Å²) in [5, 5.41) is 2.06. The Bertz CT molecular complexity index is 1010. The van der Waals surface area contributed by atoms with Gasteiger partial charge in [-0.05, 0) is 80.3 Å². The minimum atomic E-state index is -3.33. The van der Waals surface area contributed by atoms with Crippen molar-refractivity contribution in [1.82, 2.24) is 4.31 Å². The van der Waals surface area contributed by atoms with E-state index in [1.807, 2.05) is 25.1 Å². The first-order valence-electron chi connectivity index (χ1n) is 11.3. The van der Waals surface area contributed by atoms with E-state index in [4.69, 9.17) is 16.2 Å². The number of hydrogen-bond acceptors (Lipinski definition) is 7. The average Bonchev–Trinajstić information content (AvgIpc) is 2.79. The maximum atomic E-state index is 12.1. The highest BCUT2D eigenvalue weighted by Gasteiger charge is 2.22. The van der Waals surface area contributed by atoms with E-state index in [-0.39, 0.29) is 5.75 Å². The summed E-state index contributed by atoms with van der Waals surface area (Å²) in [6, 6.07) is 12.4. The molecule has 2 aromatic rings. The van der Waals surface area contributed by atoms with Crippen LogP contribution in [0.4, 0.5) is 11.4 Å². The fourth-order valence-corrected chi connectivity index (χ4v) is 4.52. The summed E-state index contributed by atoms with van der Waals surface area (Å²) >= 11 is 0. The third-order valence-corrected chi connectivity index (χ3v) is 7.75. The van der Waals surface area contributed by atoms with Crippen molar-refractivity contribution < 1.29 is 13.2 Å². The summed E-state index contributed by atoms with van der Waals surface area (Å²) in [5.74, 6) is 0.0308. The molecule has 1 atom stereocenters. The number of hydrazine groups is 1. The summed E-state index contributed by atoms with van der Waals surface area (Å²) in [4.78, 5) is 0. The second kappa shape index (κ2) is 12.3. The van der Waals surface area contributed by atoms with Crippen molar-refractivity contribution in [2.45, 2.75) is 39.8 Å². The van der Waals surface area contributed by atoms with Crippen LogP contribution in [0.15, 0.2) is 36.4 Å². The van der Waals surface area contributed by atoms with Crippen LogP contribution in [0.1, 0.15) is 29.2 Å². The van der Waals surface area contributed by atoms with Gasteiger partial charge in [-0.2, -0.15) is 4.31 Å². The van der Waals surface area contributed by atoms with Gasteiger partial charge in [0.25, 0.3) is 0 Å². The zero-order valence-corrected chi connectivity index (χ0v) is 21.3. The number of hydrogen-bond donors (Lipinski definition) is 3. The molecule has 2 rings (SSSR count). The van der Waals surface area contributed by atoms with Crippen molar-refractivity contribution in [1.29, 1.82) is 0 Å². The fourth-order valence-electron chi connectivity index (χ4n) is 3.63. The monoisotopic (exact) mass is 477 g/mol. The van der Waals surface area contributed by atoms with E-state index in [1.165, 1.54) is 22.5 Å². The lowest BCUT2D eigenvalue weighted by Gasteiger charge is -2.28. The van der Waals surface area contributed by atoms with Crippen molar-refractivity contribution in [3.63, 3.8) is 0 Å². The number of likely N-dealkylation sites (N-methyl/N-ethyl adjacent to an activating group) is 1. The van der Waals surface area contributed by atoms with Crippen molar-refractivity contribution in [2.75, 3.05) is 50.0 Å². The molecule has 2 aromatic carbocycles. The Morgan fingerprint density at radius 2 is 1.76 bits per heavy atom. The molecule has 0 spiro atoms. The van der Waals surface area contributed by atoms with Gasteiger partial charge >= 0.3 is 0 Å². The number of aryl methyl sites for hydroxylation is 2. The summed E-state index contributed by atoms with van der Waals surface area (Å²) in [5.41, 5.74) is 21.8. The van der Waals surface area contributed by atoms with Gasteiger partial charge in [-0.15, -0.1) is 0 Å². The maximum Gasteiger partial charge on any atom is 0.214 e. The molecule has 0 aliphatic rings. The van der Waals surface area contributed by atoms with E-state index < -0.39 is 16.2 Å². The molecule has 0 amide bonds. The van der Waals surface area contributed by atoms with E-state index >= 15 is 0 Å². The minimum Gasteiger partial charge on any atom is -0.383 e. The topological polar surface area (TPSA) is 114 Å². The molecule has 0 saturated heterocycles. The lowest BCUT2D eigenvalue weighted by molar-refractivity contribution is 0.206. The standard InChI is InChI=1S/C24H39N5O3S/c1-6-33(30,31)28(4)24(26)17-21-7-9-22(15-18(21)2)27-29(13-14-32-5)23-10-8-20(11-12-25)19(3)16-23/h7-10,15-16,24,27H,6,11-14,17,25-26H2,1-5H3. The third-order valence-electron chi connectivity index (χ3n) is 5.88. The normalized spacial score (nSPS) is 12.7. The van der Waals surface area contributed by atoms with E-state index in [9.17, 15) is 8.42 Å². The number of rotatable bonds is 13. The molecule has 0 fully saturated rings. The second-order valence-corrected chi connectivity index (χ2v) is 10.6. The number of nitrogens with two attached hydrogens (primary N) is 2. The quantitative estimate of drug-likeness (QED) is 0.300. The molecular weight excluding hydrogens is 438 g/mol. The van der Waals surface area contributed by atoms with Crippen LogP contribution in [0, 0.1) is 13.8 Å². The zero-order chi connectivity index (χ0) is 24.6. The van der Waals surface area contributed by atoms with Crippen molar-refractivity contribution >= 4 is 21.4 Å². The number of sulfonamides is 1. The van der Waals surface area contributed by atoms with Gasteiger partial charge in [0.15, 0.2) is 0 Å². The lowest BCUT2D eigenvalue weighted by atomic mass is 10.0. The third kappa shape index (κ3) is 7.41. The highest BCUT2D eigenvalue weighted by atomic mass is 32.2. The van der Waals surface area contributed by atoms with Gasteiger partial charge in [0, 0.05) is 20.6 Å². The Morgan fingerprint density at radius 3 is 2.33 bits per heavy atom. The molecule has 5 N–H and O–H groups in total. The Balaban J connectivity index is 2.19. The number of nitrogens with one attached hydrogen (secondary N) is 1. The molecule has 0 heterocycles. The predicted octanol–water partition coefficient (Wildman–Crippen LogP) is 2.39. The van der Waals surface area contributed by atoms with Gasteiger partial charge in [0.05, 0.1) is 36.4 Å². The summed E-state index contributed by atoms with van der Waals surface area (Å²) < 4.78 is 30.8. The van der Waals surface area contributed by atoms with Gasteiger partial charge in [-0.3, -0.25) is 10.4 Å². The molecule has 0 saturated carbocycles. The molecule has 9 heteroatoms. The van der Waals surface area contributed by atoms with E-state index in [1.54, 1.807) is 14.0 Å². The van der Waals surface area contributed by atoms with Crippen molar-refractivity contribution in [3.8, 4) is 0 Å². The summed E-state index contributed by atoms with van der Waals surface area (Å²) in [6.45, 7) is 7.58. The molecule has 0 aliphatic carbocycles. The van der Waals surface area contributed by atoms with E-state index in [0.717, 1.165) is 28.9 Å². The smallest absolute Gasteiger partial charge is 0.214 e. The summed E-state index contributed by atoms with van der Waals surface area (Å²) in [7, 11) is -0.117. The lowest BCUT2D eigenvalue weighted by Crippen LogP contribution is -2.45.